The van der Waals surface area contributed by atoms with Gasteiger partial charge in [-0.3, -0.25) is 19.1 Å². The van der Waals surface area contributed by atoms with Crippen molar-refractivity contribution in [2.24, 2.45) is 11.8 Å². The molecule has 14 heteroatoms. The van der Waals surface area contributed by atoms with Crippen LogP contribution in [0.5, 0.6) is 0 Å². The van der Waals surface area contributed by atoms with Crippen LogP contribution in [0.1, 0.15) is 82.6 Å². The van der Waals surface area contributed by atoms with Gasteiger partial charge in [-0.15, -0.1) is 0 Å². The fourth-order valence-electron chi connectivity index (χ4n) is 7.37. The summed E-state index contributed by atoms with van der Waals surface area (Å²) in [6, 6.07) is 7.67. The van der Waals surface area contributed by atoms with Crippen LogP contribution in [0.3, 0.4) is 0 Å². The van der Waals surface area contributed by atoms with E-state index in [4.69, 9.17) is 9.47 Å². The number of amides is 3. The number of nitrogens with zero attached hydrogens (tertiary/aromatic N) is 5. The Morgan fingerprint density at radius 1 is 1.10 bits per heavy atom. The number of anilines is 1. The van der Waals surface area contributed by atoms with E-state index in [0.717, 1.165) is 31.4 Å². The second-order valence-corrected chi connectivity index (χ2v) is 15.7. The molecule has 1 saturated heterocycles. The molecule has 3 aromatic heterocycles. The number of ether oxygens (including phenoxy) is 2. The van der Waals surface area contributed by atoms with Crippen LogP contribution in [0, 0.1) is 23.2 Å². The molecule has 3 aromatic rings. The molecular weight excluding hydrogens is 662 g/mol. The van der Waals surface area contributed by atoms with Crippen molar-refractivity contribution < 1.29 is 23.9 Å². The number of likely N-dealkylation sites (tertiary alicyclic amines) is 1. The molecule has 2 saturated carbocycles. The van der Waals surface area contributed by atoms with Crippen molar-refractivity contribution in [2.45, 2.75) is 89.9 Å². The minimum Gasteiger partial charge on any atom is -0.444 e. The van der Waals surface area contributed by atoms with Gasteiger partial charge in [0.15, 0.2) is 0 Å². The zero-order valence-electron chi connectivity index (χ0n) is 30.8. The van der Waals surface area contributed by atoms with Crippen molar-refractivity contribution in [1.82, 2.24) is 35.4 Å². The first kappa shape index (κ1) is 37.0. The summed E-state index contributed by atoms with van der Waals surface area (Å²) >= 11 is 0. The van der Waals surface area contributed by atoms with Crippen LogP contribution in [0.2, 0.25) is 0 Å². The smallest absolute Gasteiger partial charge is 0.408 e. The lowest BCUT2D eigenvalue weighted by molar-refractivity contribution is -0.126. The Kier molecular flexibility index (Phi) is 11.0. The van der Waals surface area contributed by atoms with E-state index in [1.807, 2.05) is 57.5 Å². The number of alkyl carbamates (subject to hydrolysis) is 1. The molecule has 1 aliphatic heterocycles. The van der Waals surface area contributed by atoms with Gasteiger partial charge >= 0.3 is 6.09 Å². The van der Waals surface area contributed by atoms with Crippen LogP contribution in [0.25, 0.3) is 16.9 Å². The lowest BCUT2D eigenvalue weighted by Crippen LogP contribution is -2.45. The largest absolute Gasteiger partial charge is 0.444 e. The molecule has 3 fully saturated rings. The molecule has 0 radical (unpaired) electrons. The Hall–Kier alpha value is -4.74. The highest BCUT2D eigenvalue weighted by atomic mass is 16.6. The Balaban J connectivity index is 0.903. The quantitative estimate of drug-likeness (QED) is 0.189. The van der Waals surface area contributed by atoms with Crippen LogP contribution in [0.4, 0.5) is 10.5 Å². The maximum atomic E-state index is 13.5. The van der Waals surface area contributed by atoms with Crippen LogP contribution >= 0.6 is 0 Å². The molecule has 4 N–H and O–H groups in total. The van der Waals surface area contributed by atoms with Gasteiger partial charge in [0.2, 0.25) is 5.91 Å². The summed E-state index contributed by atoms with van der Waals surface area (Å²) in [6.07, 6.45) is 8.43. The summed E-state index contributed by atoms with van der Waals surface area (Å²) in [5, 5.41) is 22.7. The third-order valence-electron chi connectivity index (χ3n) is 9.98. The van der Waals surface area contributed by atoms with Crippen LogP contribution in [-0.2, 0) is 14.3 Å². The van der Waals surface area contributed by atoms with Crippen molar-refractivity contribution in [1.29, 1.82) is 5.26 Å². The molecule has 0 aromatic carbocycles. The molecule has 0 spiro atoms. The standard InChI is InChI=1S/C38H51N9O5/c1-24(2)43-31-17-32(47-12-10-27-16-25(19-39)20-42-33(27)47)41-21-30(31)35(49)44-29-8-6-26(7-9-29)34(48)40-11-14-51-15-13-46-22-28-18-38(28,23-46)45-36(50)52-37(3,4)5/h10,12,16-17,20-21,24,26,28-29H,6-9,11,13-15,18,22-23H2,1-5H3,(H,40,48)(H,41,43)(H,44,49)(H,45,50). The van der Waals surface area contributed by atoms with E-state index in [2.05, 4.69) is 42.2 Å². The summed E-state index contributed by atoms with van der Waals surface area (Å²) in [5.41, 5.74) is 1.59. The van der Waals surface area contributed by atoms with Crippen molar-refractivity contribution in [2.75, 3.05) is 44.7 Å². The van der Waals surface area contributed by atoms with E-state index >= 15 is 0 Å². The number of fused-ring (bicyclic) bond motifs is 2. The summed E-state index contributed by atoms with van der Waals surface area (Å²) in [6.45, 7) is 13.6. The molecule has 4 heterocycles. The summed E-state index contributed by atoms with van der Waals surface area (Å²) in [5.74, 6) is 0.798. The topological polar surface area (TPSA) is 176 Å². The van der Waals surface area contributed by atoms with E-state index in [-0.39, 0.29) is 41.4 Å². The van der Waals surface area contributed by atoms with Gasteiger partial charge in [-0.05, 0) is 84.8 Å². The fourth-order valence-corrected chi connectivity index (χ4v) is 7.37. The first-order chi connectivity index (χ1) is 24.8. The number of nitrogens with one attached hydrogen (secondary N) is 4. The number of rotatable bonds is 13. The minimum atomic E-state index is -0.515. The molecule has 2 atom stereocenters. The third kappa shape index (κ3) is 9.00. The molecule has 3 amide bonds. The summed E-state index contributed by atoms with van der Waals surface area (Å²) in [4.78, 5) is 50.0. The zero-order valence-corrected chi connectivity index (χ0v) is 30.8. The molecule has 14 nitrogen and oxygen atoms in total. The number of carbonyl (C=O) groups excluding carboxylic acids is 3. The first-order valence-corrected chi connectivity index (χ1v) is 18.4. The molecule has 6 rings (SSSR count). The molecule has 3 aliphatic rings. The third-order valence-corrected chi connectivity index (χ3v) is 9.98. The van der Waals surface area contributed by atoms with Gasteiger partial charge in [0.25, 0.3) is 5.91 Å². The fraction of sp³-hybridized carbons (Fsp3) is 0.579. The number of nitriles is 1. The Morgan fingerprint density at radius 2 is 1.88 bits per heavy atom. The van der Waals surface area contributed by atoms with E-state index in [1.54, 1.807) is 12.3 Å². The average molecular weight is 714 g/mol. The van der Waals surface area contributed by atoms with E-state index in [0.29, 0.717) is 79.6 Å². The number of piperidine rings is 1. The lowest BCUT2D eigenvalue weighted by atomic mass is 9.85. The number of hydrogen-bond acceptors (Lipinski definition) is 10. The summed E-state index contributed by atoms with van der Waals surface area (Å²) < 4.78 is 13.1. The number of hydrogen-bond donors (Lipinski definition) is 4. The van der Waals surface area contributed by atoms with Crippen molar-refractivity contribution in [3.63, 3.8) is 0 Å². The lowest BCUT2D eigenvalue weighted by Gasteiger charge is -2.28. The zero-order chi connectivity index (χ0) is 37.0. The van der Waals surface area contributed by atoms with Gasteiger partial charge in [0.1, 0.15) is 23.1 Å². The van der Waals surface area contributed by atoms with Gasteiger partial charge < -0.3 is 30.7 Å². The van der Waals surface area contributed by atoms with Crippen molar-refractivity contribution in [3.05, 3.63) is 47.9 Å². The predicted octanol–water partition coefficient (Wildman–Crippen LogP) is 4.13. The van der Waals surface area contributed by atoms with Gasteiger partial charge in [0.05, 0.1) is 35.6 Å². The number of carbonyl (C=O) groups is 3. The highest BCUT2D eigenvalue weighted by Crippen LogP contribution is 2.49. The Bertz CT molecular complexity index is 1820. The van der Waals surface area contributed by atoms with Crippen LogP contribution in [-0.4, -0.2) is 100.0 Å². The predicted molar refractivity (Wildman–Crippen MR) is 196 cm³/mol. The highest BCUT2D eigenvalue weighted by Gasteiger charge is 2.61. The van der Waals surface area contributed by atoms with E-state index < -0.39 is 5.60 Å². The van der Waals surface area contributed by atoms with E-state index in [1.165, 1.54) is 6.20 Å². The van der Waals surface area contributed by atoms with Crippen molar-refractivity contribution >= 4 is 34.6 Å². The monoisotopic (exact) mass is 713 g/mol. The van der Waals surface area contributed by atoms with Gasteiger partial charge in [0, 0.05) is 74.2 Å². The molecular formula is C38H51N9O5. The van der Waals surface area contributed by atoms with Crippen LogP contribution < -0.4 is 21.3 Å². The number of pyridine rings is 2. The average Bonchev–Trinajstić information content (AvgIpc) is 3.39. The first-order valence-electron chi connectivity index (χ1n) is 18.4. The van der Waals surface area contributed by atoms with E-state index in [9.17, 15) is 19.6 Å². The van der Waals surface area contributed by atoms with Crippen molar-refractivity contribution in [3.8, 4) is 11.9 Å². The summed E-state index contributed by atoms with van der Waals surface area (Å²) in [7, 11) is 0. The Morgan fingerprint density at radius 3 is 2.62 bits per heavy atom. The number of aromatic nitrogens is 3. The van der Waals surface area contributed by atoms with Gasteiger partial charge in [-0.2, -0.15) is 5.26 Å². The van der Waals surface area contributed by atoms with Crippen LogP contribution in [0.15, 0.2) is 36.8 Å². The molecule has 2 unspecified atom stereocenters. The maximum Gasteiger partial charge on any atom is 0.408 e. The molecule has 2 aliphatic carbocycles. The Labute approximate surface area is 305 Å². The maximum absolute atomic E-state index is 13.5. The minimum absolute atomic E-state index is 0.0299. The SMILES string of the molecule is CC(C)Nc1cc(-n2ccc3cc(C#N)cnc32)ncc1C(=O)NC1CCC(C(=O)NCCOCCN2CC3CC3(NC(=O)OC(C)(C)C)C2)CC1. The molecule has 0 bridgehead atoms. The molecule has 52 heavy (non-hydrogen) atoms. The van der Waals surface area contributed by atoms with Gasteiger partial charge in [-0.1, -0.05) is 0 Å². The highest BCUT2D eigenvalue weighted by molar-refractivity contribution is 6.00. The van der Waals surface area contributed by atoms with Gasteiger partial charge in [-0.25, -0.2) is 14.8 Å². The normalized spacial score (nSPS) is 22.8. The second kappa shape index (κ2) is 15.5. The molecule has 278 valence electrons. The second-order valence-electron chi connectivity index (χ2n) is 15.7.